The van der Waals surface area contributed by atoms with E-state index in [1.165, 1.54) is 65.7 Å². The first kappa shape index (κ1) is 28.2. The van der Waals surface area contributed by atoms with Crippen LogP contribution in [0.1, 0.15) is 44.1 Å². The topological polar surface area (TPSA) is 6.48 Å². The molecule has 3 atom stereocenters. The highest BCUT2D eigenvalue weighted by atomic mass is 15.4. The molecule has 230 valence electrons. The zero-order valence-corrected chi connectivity index (χ0v) is 27.2. The third-order valence-electron chi connectivity index (χ3n) is 11.0. The van der Waals surface area contributed by atoms with Crippen LogP contribution in [0.5, 0.6) is 0 Å². The molecule has 47 heavy (non-hydrogen) atoms. The van der Waals surface area contributed by atoms with Crippen LogP contribution in [-0.4, -0.2) is 13.2 Å². The van der Waals surface area contributed by atoms with Gasteiger partial charge in [0.1, 0.15) is 6.17 Å². The largest absolute Gasteiger partial charge is 0.349 e. The lowest BCUT2D eigenvalue weighted by atomic mass is 9.73. The van der Waals surface area contributed by atoms with Crippen molar-refractivity contribution < 1.29 is 0 Å². The van der Waals surface area contributed by atoms with E-state index in [9.17, 15) is 0 Å². The van der Waals surface area contributed by atoms with Gasteiger partial charge < -0.3 is 9.80 Å². The van der Waals surface area contributed by atoms with Crippen LogP contribution in [0.25, 0.3) is 44.8 Å². The normalized spacial score (nSPS) is 20.4. The van der Waals surface area contributed by atoms with Crippen molar-refractivity contribution in [2.75, 3.05) is 16.8 Å². The molecular formula is C45H40N2. The minimum Gasteiger partial charge on any atom is -0.349 e. The van der Waals surface area contributed by atoms with Crippen LogP contribution in [0.4, 0.5) is 17.1 Å². The zero-order valence-electron chi connectivity index (χ0n) is 27.2. The molecule has 6 aromatic rings. The summed E-state index contributed by atoms with van der Waals surface area (Å²) in [6, 6.07) is 44.8. The van der Waals surface area contributed by atoms with Gasteiger partial charge in [0.2, 0.25) is 0 Å². The van der Waals surface area contributed by atoms with E-state index in [0.717, 1.165) is 25.7 Å². The molecule has 0 radical (unpaired) electrons. The molecular weight excluding hydrogens is 569 g/mol. The Bertz CT molecular complexity index is 2310. The summed E-state index contributed by atoms with van der Waals surface area (Å²) < 4.78 is 0. The Kier molecular flexibility index (Phi) is 6.78. The van der Waals surface area contributed by atoms with E-state index in [1.807, 2.05) is 0 Å². The molecule has 0 amide bonds. The SMILES string of the molecule is CC1C=C(C2N(C)c3ccccc3N2c2ccccc2)CCC1c1c2c(c(-c3ccc4ccccc4c3)c3ccccc13)=CCCC=2. The van der Waals surface area contributed by atoms with Crippen molar-refractivity contribution in [2.24, 2.45) is 5.92 Å². The van der Waals surface area contributed by atoms with Gasteiger partial charge >= 0.3 is 0 Å². The number of nitrogens with zero attached hydrogens (tertiary/aromatic N) is 2. The minimum atomic E-state index is 0.180. The number of rotatable bonds is 4. The molecule has 0 saturated heterocycles. The molecule has 3 aliphatic rings. The second-order valence-electron chi connectivity index (χ2n) is 13.6. The fourth-order valence-electron chi connectivity index (χ4n) is 8.88. The molecule has 0 N–H and O–H groups in total. The van der Waals surface area contributed by atoms with Crippen molar-refractivity contribution in [3.8, 4) is 11.1 Å². The Balaban J connectivity index is 1.17. The fourth-order valence-corrected chi connectivity index (χ4v) is 8.88. The van der Waals surface area contributed by atoms with Gasteiger partial charge in [0, 0.05) is 12.7 Å². The average molecular weight is 609 g/mol. The number of likely N-dealkylation sites (N-methyl/N-ethyl adjacent to an activating group) is 1. The van der Waals surface area contributed by atoms with Gasteiger partial charge in [-0.15, -0.1) is 0 Å². The van der Waals surface area contributed by atoms with Crippen LogP contribution >= 0.6 is 0 Å². The monoisotopic (exact) mass is 608 g/mol. The summed E-state index contributed by atoms with van der Waals surface area (Å²) in [5, 5.41) is 8.31. The first-order valence-corrected chi connectivity index (χ1v) is 17.3. The highest BCUT2D eigenvalue weighted by Gasteiger charge is 2.39. The van der Waals surface area contributed by atoms with Gasteiger partial charge in [0.15, 0.2) is 0 Å². The summed E-state index contributed by atoms with van der Waals surface area (Å²) in [6.07, 6.45) is 12.3. The van der Waals surface area contributed by atoms with Crippen LogP contribution < -0.4 is 20.2 Å². The molecule has 6 aromatic carbocycles. The lowest BCUT2D eigenvalue weighted by molar-refractivity contribution is 0.466. The van der Waals surface area contributed by atoms with E-state index < -0.39 is 0 Å². The number of anilines is 3. The molecule has 0 saturated carbocycles. The van der Waals surface area contributed by atoms with Crippen molar-refractivity contribution in [3.05, 3.63) is 149 Å². The van der Waals surface area contributed by atoms with E-state index in [2.05, 4.69) is 163 Å². The van der Waals surface area contributed by atoms with Gasteiger partial charge in [-0.25, -0.2) is 0 Å². The lowest BCUT2D eigenvalue weighted by Crippen LogP contribution is -2.42. The van der Waals surface area contributed by atoms with E-state index in [1.54, 1.807) is 5.56 Å². The molecule has 2 aliphatic carbocycles. The van der Waals surface area contributed by atoms with Gasteiger partial charge in [-0.1, -0.05) is 116 Å². The van der Waals surface area contributed by atoms with Gasteiger partial charge in [0.25, 0.3) is 0 Å². The van der Waals surface area contributed by atoms with Gasteiger partial charge in [-0.05, 0) is 122 Å². The molecule has 9 rings (SSSR count). The van der Waals surface area contributed by atoms with Crippen LogP contribution in [0.2, 0.25) is 0 Å². The maximum Gasteiger partial charge on any atom is 0.128 e. The van der Waals surface area contributed by atoms with Crippen LogP contribution in [-0.2, 0) is 0 Å². The molecule has 0 aromatic heterocycles. The highest BCUT2D eigenvalue weighted by molar-refractivity contribution is 6.01. The highest BCUT2D eigenvalue weighted by Crippen LogP contribution is 2.48. The maximum atomic E-state index is 2.63. The second kappa shape index (κ2) is 11.3. The van der Waals surface area contributed by atoms with Gasteiger partial charge in [-0.2, -0.15) is 0 Å². The number of fused-ring (bicyclic) bond motifs is 4. The van der Waals surface area contributed by atoms with E-state index in [4.69, 9.17) is 0 Å². The number of benzene rings is 6. The summed E-state index contributed by atoms with van der Waals surface area (Å²) in [5.41, 5.74) is 9.63. The third kappa shape index (κ3) is 4.53. The minimum absolute atomic E-state index is 0.180. The predicted octanol–water partition coefficient (Wildman–Crippen LogP) is 10.1. The molecule has 0 bridgehead atoms. The summed E-state index contributed by atoms with van der Waals surface area (Å²) in [5.74, 6) is 0.882. The standard InChI is InChI=1S/C45H40N2/c1-30-28-34(45-46(2)41-22-12-13-23-42(41)47(45)35-16-4-3-5-17-35)26-27-36(30)44-39-20-10-8-18-37(39)43(38-19-9-11-21-40(38)44)33-25-24-31-14-6-7-15-32(31)29-33/h3-8,10,12-25,28-30,36,45H,9,11,26-27H2,1-2H3. The van der Waals surface area contributed by atoms with Crippen LogP contribution in [0, 0.1) is 5.92 Å². The Morgan fingerprint density at radius 3 is 2.13 bits per heavy atom. The molecule has 0 fully saturated rings. The Labute approximate surface area is 277 Å². The number of para-hydroxylation sites is 3. The van der Waals surface area contributed by atoms with Crippen molar-refractivity contribution in [1.29, 1.82) is 0 Å². The Hall–Kier alpha value is -5.08. The maximum absolute atomic E-state index is 2.63. The van der Waals surface area contributed by atoms with Crippen LogP contribution in [0.15, 0.2) is 133 Å². The van der Waals surface area contributed by atoms with Crippen molar-refractivity contribution >= 4 is 50.8 Å². The zero-order chi connectivity index (χ0) is 31.5. The first-order chi connectivity index (χ1) is 23.2. The third-order valence-corrected chi connectivity index (χ3v) is 11.0. The van der Waals surface area contributed by atoms with Crippen LogP contribution in [0.3, 0.4) is 0 Å². The summed E-state index contributed by atoms with van der Waals surface area (Å²) in [4.78, 5) is 5.03. The molecule has 3 unspecified atom stereocenters. The van der Waals surface area contributed by atoms with E-state index in [0.29, 0.717) is 11.8 Å². The number of hydrogen-bond acceptors (Lipinski definition) is 2. The Morgan fingerprint density at radius 1 is 0.638 bits per heavy atom. The molecule has 0 spiro atoms. The molecule has 1 aliphatic heterocycles. The first-order valence-electron chi connectivity index (χ1n) is 17.3. The Morgan fingerprint density at radius 2 is 1.32 bits per heavy atom. The fraction of sp³-hybridized carbons (Fsp3) is 0.200. The number of hydrogen-bond donors (Lipinski definition) is 0. The van der Waals surface area contributed by atoms with Crippen molar-refractivity contribution in [2.45, 2.75) is 44.7 Å². The summed E-state index contributed by atoms with van der Waals surface area (Å²) >= 11 is 0. The van der Waals surface area contributed by atoms with Gasteiger partial charge in [-0.3, -0.25) is 0 Å². The van der Waals surface area contributed by atoms with Crippen molar-refractivity contribution in [3.63, 3.8) is 0 Å². The smallest absolute Gasteiger partial charge is 0.128 e. The second-order valence-corrected chi connectivity index (χ2v) is 13.6. The molecule has 1 heterocycles. The van der Waals surface area contributed by atoms with E-state index >= 15 is 0 Å². The lowest BCUT2D eigenvalue weighted by Gasteiger charge is -2.38. The predicted molar refractivity (Wildman–Crippen MR) is 201 cm³/mol. The van der Waals surface area contributed by atoms with E-state index in [-0.39, 0.29) is 6.17 Å². The molecule has 2 nitrogen and oxygen atoms in total. The van der Waals surface area contributed by atoms with Crippen molar-refractivity contribution in [1.82, 2.24) is 0 Å². The average Bonchev–Trinajstić information content (AvgIpc) is 3.43. The number of allylic oxidation sites excluding steroid dienone is 1. The quantitative estimate of drug-likeness (QED) is 0.184. The summed E-state index contributed by atoms with van der Waals surface area (Å²) in [7, 11) is 2.27. The van der Waals surface area contributed by atoms with Gasteiger partial charge in [0.05, 0.1) is 11.4 Å². The summed E-state index contributed by atoms with van der Waals surface area (Å²) in [6.45, 7) is 2.46. The molecule has 2 heteroatoms.